The number of hydrogen-bond donors (Lipinski definition) is 2. The lowest BCUT2D eigenvalue weighted by Crippen LogP contribution is -2.45. The fourth-order valence-corrected chi connectivity index (χ4v) is 2.09. The molecule has 1 amide bonds. The smallest absolute Gasteiger partial charge is 0.239 e. The highest BCUT2D eigenvalue weighted by Gasteiger charge is 2.24. The van der Waals surface area contributed by atoms with Gasteiger partial charge in [-0.3, -0.25) is 4.79 Å². The second-order valence-electron chi connectivity index (χ2n) is 6.44. The topological polar surface area (TPSA) is 64.3 Å². The Morgan fingerprint density at radius 3 is 2.38 bits per heavy atom. The Morgan fingerprint density at radius 2 is 1.90 bits per heavy atom. The van der Waals surface area contributed by atoms with Gasteiger partial charge in [0.2, 0.25) is 5.91 Å². The van der Waals surface area contributed by atoms with E-state index in [0.717, 1.165) is 12.0 Å². The minimum Gasteiger partial charge on any atom is -0.383 e. The van der Waals surface area contributed by atoms with Gasteiger partial charge in [0.05, 0.1) is 12.6 Å². The summed E-state index contributed by atoms with van der Waals surface area (Å²) in [6, 6.07) is 5.25. The molecule has 5 heteroatoms. The molecule has 3 N–H and O–H groups in total. The number of rotatable bonds is 6. The quantitative estimate of drug-likeness (QED) is 0.847. The van der Waals surface area contributed by atoms with Crippen molar-refractivity contribution in [3.63, 3.8) is 0 Å². The zero-order valence-electron chi connectivity index (χ0n) is 13.2. The average molecular weight is 296 g/mol. The van der Waals surface area contributed by atoms with E-state index in [4.69, 9.17) is 10.5 Å². The second-order valence-corrected chi connectivity index (χ2v) is 6.44. The van der Waals surface area contributed by atoms with Crippen LogP contribution in [0.4, 0.5) is 4.39 Å². The van der Waals surface area contributed by atoms with E-state index in [1.807, 2.05) is 0 Å². The first-order chi connectivity index (χ1) is 9.73. The number of methoxy groups -OCH3 is 1. The summed E-state index contributed by atoms with van der Waals surface area (Å²) in [5.41, 5.74) is 6.62. The third-order valence-electron chi connectivity index (χ3n) is 3.09. The van der Waals surface area contributed by atoms with Crippen LogP contribution in [-0.4, -0.2) is 25.7 Å². The third kappa shape index (κ3) is 6.23. The van der Waals surface area contributed by atoms with Gasteiger partial charge in [-0.25, -0.2) is 4.39 Å². The van der Waals surface area contributed by atoms with Crippen LogP contribution in [-0.2, 0) is 9.53 Å². The molecule has 2 atom stereocenters. The van der Waals surface area contributed by atoms with E-state index in [9.17, 15) is 9.18 Å². The van der Waals surface area contributed by atoms with E-state index < -0.39 is 6.04 Å². The minimum atomic E-state index is -0.710. The molecule has 1 aromatic rings. The van der Waals surface area contributed by atoms with E-state index in [0.29, 0.717) is 0 Å². The van der Waals surface area contributed by atoms with Crippen molar-refractivity contribution in [3.05, 3.63) is 35.6 Å². The molecule has 0 saturated carbocycles. The molecule has 0 heterocycles. The second kappa shape index (κ2) is 7.52. The zero-order valence-corrected chi connectivity index (χ0v) is 13.2. The van der Waals surface area contributed by atoms with Crippen molar-refractivity contribution in [1.29, 1.82) is 0 Å². The lowest BCUT2D eigenvalue weighted by molar-refractivity contribution is -0.124. The van der Waals surface area contributed by atoms with Gasteiger partial charge in [-0.05, 0) is 29.5 Å². The van der Waals surface area contributed by atoms with Crippen molar-refractivity contribution >= 4 is 5.91 Å². The van der Waals surface area contributed by atoms with Crippen molar-refractivity contribution < 1.29 is 13.9 Å². The van der Waals surface area contributed by atoms with Crippen LogP contribution < -0.4 is 11.1 Å². The molecule has 1 aromatic carbocycles. The molecule has 21 heavy (non-hydrogen) atoms. The number of ether oxygens (including phenoxy) is 1. The van der Waals surface area contributed by atoms with E-state index in [-0.39, 0.29) is 29.8 Å². The standard InChI is InChI=1S/C16H25FN2O2/c1-16(2,3)9-14(11-5-7-12(17)8-6-11)19-15(20)13(18)10-21-4/h5-8,13-14H,9-10,18H2,1-4H3,(H,19,20). The van der Waals surface area contributed by atoms with Crippen LogP contribution in [0, 0.1) is 11.2 Å². The summed E-state index contributed by atoms with van der Waals surface area (Å²) >= 11 is 0. The SMILES string of the molecule is COCC(N)C(=O)NC(CC(C)(C)C)c1ccc(F)cc1. The van der Waals surface area contributed by atoms with Crippen molar-refractivity contribution in [2.45, 2.75) is 39.3 Å². The molecule has 0 aromatic heterocycles. The molecule has 2 unspecified atom stereocenters. The molecule has 0 radical (unpaired) electrons. The van der Waals surface area contributed by atoms with Gasteiger partial charge < -0.3 is 15.8 Å². The van der Waals surface area contributed by atoms with Crippen LogP contribution in [0.2, 0.25) is 0 Å². The number of hydrogen-bond acceptors (Lipinski definition) is 3. The summed E-state index contributed by atoms with van der Waals surface area (Å²) in [6.45, 7) is 6.43. The normalized spacial score (nSPS) is 14.6. The van der Waals surface area contributed by atoms with Crippen LogP contribution in [0.5, 0.6) is 0 Å². The van der Waals surface area contributed by atoms with Crippen molar-refractivity contribution in [3.8, 4) is 0 Å². The number of carbonyl (C=O) groups is 1. The molecule has 0 spiro atoms. The molecule has 4 nitrogen and oxygen atoms in total. The van der Waals surface area contributed by atoms with Crippen LogP contribution in [0.25, 0.3) is 0 Å². The summed E-state index contributed by atoms with van der Waals surface area (Å²) in [5.74, 6) is -0.564. The Hall–Kier alpha value is -1.46. The number of halogens is 1. The average Bonchev–Trinajstić information content (AvgIpc) is 2.37. The molecule has 0 aliphatic rings. The maximum absolute atomic E-state index is 13.1. The Labute approximate surface area is 125 Å². The Bertz CT molecular complexity index is 454. The van der Waals surface area contributed by atoms with Gasteiger partial charge in [0, 0.05) is 7.11 Å². The fourth-order valence-electron chi connectivity index (χ4n) is 2.09. The van der Waals surface area contributed by atoms with Gasteiger partial charge in [-0.1, -0.05) is 32.9 Å². The number of benzene rings is 1. The molecule has 118 valence electrons. The molecule has 0 aliphatic heterocycles. The maximum Gasteiger partial charge on any atom is 0.239 e. The highest BCUT2D eigenvalue weighted by molar-refractivity contribution is 5.82. The van der Waals surface area contributed by atoms with Gasteiger partial charge in [-0.2, -0.15) is 0 Å². The molecular formula is C16H25FN2O2. The summed E-state index contributed by atoms with van der Waals surface area (Å²) < 4.78 is 17.9. The first kappa shape index (κ1) is 17.6. The van der Waals surface area contributed by atoms with Gasteiger partial charge in [0.25, 0.3) is 0 Å². The van der Waals surface area contributed by atoms with Crippen LogP contribution in [0.15, 0.2) is 24.3 Å². The molecule has 0 aliphatic carbocycles. The molecule has 0 fully saturated rings. The summed E-state index contributed by atoms with van der Waals surface area (Å²) in [4.78, 5) is 12.1. The first-order valence-corrected chi connectivity index (χ1v) is 7.03. The summed E-state index contributed by atoms with van der Waals surface area (Å²) in [7, 11) is 1.50. The van der Waals surface area contributed by atoms with Gasteiger partial charge in [0.1, 0.15) is 11.9 Å². The molecule has 1 rings (SSSR count). The molecule has 0 bridgehead atoms. The van der Waals surface area contributed by atoms with Gasteiger partial charge in [0.15, 0.2) is 0 Å². The summed E-state index contributed by atoms with van der Waals surface area (Å²) in [5, 5.41) is 2.93. The lowest BCUT2D eigenvalue weighted by Gasteiger charge is -2.28. The number of nitrogens with one attached hydrogen (secondary N) is 1. The monoisotopic (exact) mass is 296 g/mol. The maximum atomic E-state index is 13.1. The zero-order chi connectivity index (χ0) is 16.0. The van der Waals surface area contributed by atoms with E-state index in [2.05, 4.69) is 26.1 Å². The van der Waals surface area contributed by atoms with Crippen LogP contribution in [0.3, 0.4) is 0 Å². The number of amides is 1. The van der Waals surface area contributed by atoms with Gasteiger partial charge in [-0.15, -0.1) is 0 Å². The number of nitrogens with two attached hydrogens (primary N) is 1. The minimum absolute atomic E-state index is 0.0116. The molecule has 0 saturated heterocycles. The lowest BCUT2D eigenvalue weighted by atomic mass is 9.85. The Morgan fingerprint density at radius 1 is 1.33 bits per heavy atom. The summed E-state index contributed by atoms with van der Waals surface area (Å²) in [6.07, 6.45) is 0.726. The van der Waals surface area contributed by atoms with Gasteiger partial charge >= 0.3 is 0 Å². The van der Waals surface area contributed by atoms with E-state index >= 15 is 0 Å². The van der Waals surface area contributed by atoms with Crippen LogP contribution >= 0.6 is 0 Å². The highest BCUT2D eigenvalue weighted by Crippen LogP contribution is 2.29. The van der Waals surface area contributed by atoms with Crippen LogP contribution in [0.1, 0.15) is 38.8 Å². The highest BCUT2D eigenvalue weighted by atomic mass is 19.1. The Balaban J connectivity index is 2.87. The van der Waals surface area contributed by atoms with Crippen molar-refractivity contribution in [2.24, 2.45) is 11.1 Å². The van der Waals surface area contributed by atoms with Crippen molar-refractivity contribution in [2.75, 3.05) is 13.7 Å². The van der Waals surface area contributed by atoms with E-state index in [1.165, 1.54) is 19.2 Å². The van der Waals surface area contributed by atoms with E-state index in [1.54, 1.807) is 12.1 Å². The largest absolute Gasteiger partial charge is 0.383 e. The first-order valence-electron chi connectivity index (χ1n) is 7.03. The third-order valence-corrected chi connectivity index (χ3v) is 3.09. The predicted octanol–water partition coefficient (Wildman–Crippen LogP) is 2.39. The number of carbonyl (C=O) groups excluding carboxylic acids is 1. The Kier molecular flexibility index (Phi) is 6.30. The fraction of sp³-hybridized carbons (Fsp3) is 0.562. The molecular weight excluding hydrogens is 271 g/mol. The predicted molar refractivity (Wildman–Crippen MR) is 81.2 cm³/mol. The van der Waals surface area contributed by atoms with Crippen molar-refractivity contribution in [1.82, 2.24) is 5.32 Å².